The zero-order chi connectivity index (χ0) is 13.1. The topological polar surface area (TPSA) is 98.7 Å². The Morgan fingerprint density at radius 3 is 2.72 bits per heavy atom. The summed E-state index contributed by atoms with van der Waals surface area (Å²) in [6, 6.07) is 0. The van der Waals surface area contributed by atoms with Crippen molar-refractivity contribution in [2.24, 2.45) is 0 Å². The molecule has 7 nitrogen and oxygen atoms in total. The molecule has 0 atom stereocenters. The van der Waals surface area contributed by atoms with E-state index in [1.165, 1.54) is 18.7 Å². The van der Waals surface area contributed by atoms with Crippen molar-refractivity contribution in [3.8, 4) is 0 Å². The number of aryl methyl sites for hydroxylation is 2. The van der Waals surface area contributed by atoms with Crippen LogP contribution in [0.3, 0.4) is 0 Å². The van der Waals surface area contributed by atoms with Gasteiger partial charge in [0.25, 0.3) is 5.91 Å². The maximum Gasteiger partial charge on any atom is 0.276 e. The van der Waals surface area contributed by atoms with Crippen molar-refractivity contribution < 1.29 is 4.79 Å². The van der Waals surface area contributed by atoms with Gasteiger partial charge in [0.1, 0.15) is 12.0 Å². The molecule has 94 valence electrons. The summed E-state index contributed by atoms with van der Waals surface area (Å²) in [6.07, 6.45) is 4.42. The molecule has 2 rings (SSSR count). The lowest BCUT2D eigenvalue weighted by atomic mass is 10.3. The number of carbonyl (C=O) groups excluding carboxylic acids is 1. The number of nitrogen functional groups attached to an aromatic ring is 1. The minimum absolute atomic E-state index is 0.315. The Balaban J connectivity index is 2.29. The van der Waals surface area contributed by atoms with E-state index in [4.69, 9.17) is 5.73 Å². The quantitative estimate of drug-likeness (QED) is 0.836. The zero-order valence-corrected chi connectivity index (χ0v) is 10.2. The maximum atomic E-state index is 12.1. The summed E-state index contributed by atoms with van der Waals surface area (Å²) < 4.78 is 1.57. The van der Waals surface area contributed by atoms with Gasteiger partial charge in [-0.1, -0.05) is 0 Å². The van der Waals surface area contributed by atoms with E-state index in [2.05, 4.69) is 20.4 Å². The van der Waals surface area contributed by atoms with Gasteiger partial charge in [0, 0.05) is 6.54 Å². The fourth-order valence-electron chi connectivity index (χ4n) is 1.62. The standard InChI is InChI=1S/C11H14N6O/c1-3-17-10(9(12)7(2)16-17)11(18)15-8-4-13-6-14-5-8/h4-6H,3,12H2,1-2H3,(H,15,18). The van der Waals surface area contributed by atoms with Crippen LogP contribution < -0.4 is 11.1 Å². The third kappa shape index (κ3) is 2.15. The molecule has 2 aromatic heterocycles. The number of anilines is 2. The number of carbonyl (C=O) groups is 1. The molecule has 0 saturated carbocycles. The summed E-state index contributed by atoms with van der Waals surface area (Å²) in [5, 5.41) is 6.87. The Bertz CT molecular complexity index is 562. The lowest BCUT2D eigenvalue weighted by molar-refractivity contribution is 0.101. The summed E-state index contributed by atoms with van der Waals surface area (Å²) in [5.41, 5.74) is 7.77. The number of rotatable bonds is 3. The van der Waals surface area contributed by atoms with Crippen LogP contribution >= 0.6 is 0 Å². The first-order chi connectivity index (χ1) is 8.63. The summed E-state index contributed by atoms with van der Waals surface area (Å²) in [7, 11) is 0. The van der Waals surface area contributed by atoms with Crippen LogP contribution in [0, 0.1) is 6.92 Å². The van der Waals surface area contributed by atoms with Crippen LogP contribution in [0.15, 0.2) is 18.7 Å². The molecule has 0 aliphatic rings. The van der Waals surface area contributed by atoms with Crippen molar-refractivity contribution in [1.29, 1.82) is 0 Å². The van der Waals surface area contributed by atoms with E-state index >= 15 is 0 Å². The third-order valence-corrected chi connectivity index (χ3v) is 2.51. The molecular formula is C11H14N6O. The smallest absolute Gasteiger partial charge is 0.276 e. The predicted octanol–water partition coefficient (Wildman–Crippen LogP) is 0.836. The molecule has 0 unspecified atom stereocenters. The third-order valence-electron chi connectivity index (χ3n) is 2.51. The summed E-state index contributed by atoms with van der Waals surface area (Å²) in [6.45, 7) is 4.24. The fourth-order valence-corrected chi connectivity index (χ4v) is 1.62. The van der Waals surface area contributed by atoms with E-state index in [9.17, 15) is 4.79 Å². The molecule has 2 heterocycles. The van der Waals surface area contributed by atoms with E-state index in [0.717, 1.165) is 0 Å². The van der Waals surface area contributed by atoms with Gasteiger partial charge < -0.3 is 11.1 Å². The minimum atomic E-state index is -0.315. The molecule has 0 fully saturated rings. The monoisotopic (exact) mass is 246 g/mol. The second-order valence-corrected chi connectivity index (χ2v) is 3.74. The molecule has 2 aromatic rings. The van der Waals surface area contributed by atoms with E-state index < -0.39 is 0 Å². The van der Waals surface area contributed by atoms with Crippen molar-refractivity contribution in [1.82, 2.24) is 19.7 Å². The number of nitrogens with zero attached hydrogens (tertiary/aromatic N) is 4. The van der Waals surface area contributed by atoms with Crippen LogP contribution in [0.2, 0.25) is 0 Å². The summed E-state index contributed by atoms with van der Waals surface area (Å²) >= 11 is 0. The highest BCUT2D eigenvalue weighted by Crippen LogP contribution is 2.17. The molecule has 0 aliphatic heterocycles. The van der Waals surface area contributed by atoms with Crippen molar-refractivity contribution in [3.63, 3.8) is 0 Å². The second-order valence-electron chi connectivity index (χ2n) is 3.74. The molecule has 18 heavy (non-hydrogen) atoms. The van der Waals surface area contributed by atoms with Crippen LogP contribution in [-0.2, 0) is 6.54 Å². The summed E-state index contributed by atoms with van der Waals surface area (Å²) in [4.78, 5) is 19.8. The molecule has 0 aromatic carbocycles. The van der Waals surface area contributed by atoms with Gasteiger partial charge in [0.05, 0.1) is 29.5 Å². The van der Waals surface area contributed by atoms with Crippen LogP contribution in [0.4, 0.5) is 11.4 Å². The highest BCUT2D eigenvalue weighted by Gasteiger charge is 2.19. The van der Waals surface area contributed by atoms with Gasteiger partial charge in [-0.3, -0.25) is 9.48 Å². The number of hydrogen-bond donors (Lipinski definition) is 2. The molecule has 1 amide bonds. The van der Waals surface area contributed by atoms with Gasteiger partial charge >= 0.3 is 0 Å². The first kappa shape index (κ1) is 12.0. The van der Waals surface area contributed by atoms with E-state index in [0.29, 0.717) is 29.3 Å². The number of nitrogens with one attached hydrogen (secondary N) is 1. The van der Waals surface area contributed by atoms with Gasteiger partial charge in [0.15, 0.2) is 0 Å². The average Bonchev–Trinajstić information content (AvgIpc) is 2.66. The van der Waals surface area contributed by atoms with Crippen LogP contribution in [0.5, 0.6) is 0 Å². The highest BCUT2D eigenvalue weighted by atomic mass is 16.2. The van der Waals surface area contributed by atoms with Crippen molar-refractivity contribution in [3.05, 3.63) is 30.1 Å². The number of aromatic nitrogens is 4. The van der Waals surface area contributed by atoms with Crippen LogP contribution in [0.1, 0.15) is 23.1 Å². The molecule has 0 aliphatic carbocycles. The Morgan fingerprint density at radius 1 is 1.44 bits per heavy atom. The Morgan fingerprint density at radius 2 is 2.11 bits per heavy atom. The second kappa shape index (κ2) is 4.82. The molecule has 0 radical (unpaired) electrons. The van der Waals surface area contributed by atoms with Gasteiger partial charge in [-0.25, -0.2) is 9.97 Å². The molecule has 7 heteroatoms. The molecule has 3 N–H and O–H groups in total. The van der Waals surface area contributed by atoms with Gasteiger partial charge in [0.2, 0.25) is 0 Å². The molecule has 0 spiro atoms. The number of amides is 1. The van der Waals surface area contributed by atoms with E-state index in [1.807, 2.05) is 6.92 Å². The zero-order valence-electron chi connectivity index (χ0n) is 10.2. The number of hydrogen-bond acceptors (Lipinski definition) is 5. The largest absolute Gasteiger partial charge is 0.395 e. The van der Waals surface area contributed by atoms with Gasteiger partial charge in [-0.15, -0.1) is 0 Å². The summed E-state index contributed by atoms with van der Waals surface area (Å²) in [5.74, 6) is -0.315. The Hall–Kier alpha value is -2.44. The van der Waals surface area contributed by atoms with Crippen LogP contribution in [0.25, 0.3) is 0 Å². The van der Waals surface area contributed by atoms with E-state index in [1.54, 1.807) is 11.6 Å². The minimum Gasteiger partial charge on any atom is -0.395 e. The first-order valence-electron chi connectivity index (χ1n) is 5.52. The van der Waals surface area contributed by atoms with Gasteiger partial charge in [-0.05, 0) is 13.8 Å². The lowest BCUT2D eigenvalue weighted by Crippen LogP contribution is -2.19. The first-order valence-corrected chi connectivity index (χ1v) is 5.52. The van der Waals surface area contributed by atoms with E-state index in [-0.39, 0.29) is 5.91 Å². The Labute approximate surface area is 104 Å². The maximum absolute atomic E-state index is 12.1. The fraction of sp³-hybridized carbons (Fsp3) is 0.273. The van der Waals surface area contributed by atoms with Crippen molar-refractivity contribution in [2.45, 2.75) is 20.4 Å². The van der Waals surface area contributed by atoms with Crippen molar-refractivity contribution in [2.75, 3.05) is 11.1 Å². The molecule has 0 saturated heterocycles. The normalized spacial score (nSPS) is 10.3. The van der Waals surface area contributed by atoms with Gasteiger partial charge in [-0.2, -0.15) is 5.10 Å². The number of nitrogens with two attached hydrogens (primary N) is 1. The highest BCUT2D eigenvalue weighted by molar-refractivity contribution is 6.06. The molecular weight excluding hydrogens is 232 g/mol. The lowest BCUT2D eigenvalue weighted by Gasteiger charge is -2.06. The Kier molecular flexibility index (Phi) is 3.22. The SMILES string of the molecule is CCn1nc(C)c(N)c1C(=O)Nc1cncnc1. The molecule has 0 bridgehead atoms. The van der Waals surface area contributed by atoms with Crippen molar-refractivity contribution >= 4 is 17.3 Å². The average molecular weight is 246 g/mol. The predicted molar refractivity (Wildman–Crippen MR) is 67.0 cm³/mol. The van der Waals surface area contributed by atoms with Crippen LogP contribution in [-0.4, -0.2) is 25.7 Å².